The number of carbonyl (C=O) groups excluding carboxylic acids is 2. The van der Waals surface area contributed by atoms with E-state index in [9.17, 15) is 19.2 Å². The summed E-state index contributed by atoms with van der Waals surface area (Å²) in [6, 6.07) is 7.57. The number of hydrogen-bond acceptors (Lipinski definition) is 9. The Morgan fingerprint density at radius 2 is 1.22 bits per heavy atom. The number of rotatable bonds is 11. The van der Waals surface area contributed by atoms with Gasteiger partial charge in [0.05, 0.1) is 23.8 Å². The zero-order valence-electron chi connectivity index (χ0n) is 33.1. The number of aromatic nitrogens is 5. The van der Waals surface area contributed by atoms with Gasteiger partial charge >= 0.3 is 0 Å². The van der Waals surface area contributed by atoms with E-state index < -0.39 is 0 Å². The van der Waals surface area contributed by atoms with Gasteiger partial charge in [0.1, 0.15) is 13.1 Å². The maximum atomic E-state index is 12.4. The Morgan fingerprint density at radius 3 is 1.63 bits per heavy atom. The molecule has 6 aliphatic carbocycles. The highest BCUT2D eigenvalue weighted by molar-refractivity contribution is 5.76. The van der Waals surface area contributed by atoms with Gasteiger partial charge < -0.3 is 21.3 Å². The number of pyridine rings is 1. The van der Waals surface area contributed by atoms with E-state index in [1.165, 1.54) is 22.2 Å². The summed E-state index contributed by atoms with van der Waals surface area (Å²) in [6.07, 6.45) is 11.6. The number of fused-ring (bicyclic) bond motifs is 4. The lowest BCUT2D eigenvalue weighted by Gasteiger charge is -2.62. The summed E-state index contributed by atoms with van der Waals surface area (Å²) in [5.74, 6) is 3.69. The molecule has 0 spiro atoms. The molecule has 0 aromatic carbocycles. The van der Waals surface area contributed by atoms with Crippen molar-refractivity contribution in [3.05, 3.63) is 75.3 Å². The molecular formula is C41H59N9O4. The Bertz CT molecular complexity index is 1920. The van der Waals surface area contributed by atoms with Crippen molar-refractivity contribution in [3.8, 4) is 0 Å². The number of nitrogens with one attached hydrogen (secondary N) is 4. The molecule has 6 aliphatic rings. The van der Waals surface area contributed by atoms with E-state index in [0.717, 1.165) is 53.5 Å². The Hall–Kier alpha value is -4.55. The Labute approximate surface area is 318 Å². The zero-order valence-corrected chi connectivity index (χ0v) is 33.1. The Kier molecular flexibility index (Phi) is 11.4. The Morgan fingerprint density at radius 1 is 0.759 bits per heavy atom. The molecule has 3 aromatic heterocycles. The number of nitrogens with zero attached hydrogens (tertiary/aromatic N) is 5. The summed E-state index contributed by atoms with van der Waals surface area (Å²) in [6.45, 7) is 18.2. The van der Waals surface area contributed by atoms with Crippen molar-refractivity contribution in [1.82, 2.24) is 35.2 Å². The van der Waals surface area contributed by atoms with E-state index in [1.54, 1.807) is 36.9 Å². The van der Waals surface area contributed by atoms with Crippen molar-refractivity contribution in [2.24, 2.45) is 46.3 Å². The normalized spacial score (nSPS) is 28.3. The van der Waals surface area contributed by atoms with E-state index in [0.29, 0.717) is 41.3 Å². The van der Waals surface area contributed by atoms with Crippen LogP contribution in [0.25, 0.3) is 0 Å². The fourth-order valence-corrected chi connectivity index (χ4v) is 9.77. The molecule has 2 amide bonds. The first kappa shape index (κ1) is 39.2. The third-order valence-corrected chi connectivity index (χ3v) is 13.4. The summed E-state index contributed by atoms with van der Waals surface area (Å²) in [4.78, 5) is 52.5. The third-order valence-electron chi connectivity index (χ3n) is 13.4. The van der Waals surface area contributed by atoms with Crippen molar-refractivity contribution in [3.63, 3.8) is 0 Å². The monoisotopic (exact) mass is 741 g/mol. The van der Waals surface area contributed by atoms with Gasteiger partial charge in [-0.15, -0.1) is 0 Å². The van der Waals surface area contributed by atoms with Gasteiger partial charge in [-0.05, 0) is 104 Å². The number of anilines is 2. The van der Waals surface area contributed by atoms with Crippen molar-refractivity contribution < 1.29 is 9.59 Å². The van der Waals surface area contributed by atoms with Crippen LogP contribution in [0.3, 0.4) is 0 Å². The second kappa shape index (κ2) is 15.7. The highest BCUT2D eigenvalue weighted by Crippen LogP contribution is 2.62. The topological polar surface area (TPSA) is 165 Å². The van der Waals surface area contributed by atoms with Gasteiger partial charge in [-0.1, -0.05) is 41.5 Å². The van der Waals surface area contributed by atoms with Crippen molar-refractivity contribution in [2.75, 3.05) is 10.6 Å². The van der Waals surface area contributed by atoms with E-state index in [2.05, 4.69) is 78.0 Å². The SMILES string of the molecule is CC(C)NC(=O)Cn1ncc(N[C@@H]2C[C@@H]3C[C@H]([C@H]2C)C3(C)C)cc1=O.C[C@@H]1[C@H]2C[C@@H](C[C@H]1Nc1cnn(CC(=O)NCc3ccncc3)c(=O)c1)C2(C)C. The van der Waals surface area contributed by atoms with Gasteiger partial charge in [0, 0.05) is 49.2 Å². The minimum atomic E-state index is -0.275. The molecule has 0 aliphatic heterocycles. The Balaban J connectivity index is 0.000000186. The minimum Gasteiger partial charge on any atom is -0.381 e. The van der Waals surface area contributed by atoms with Crippen LogP contribution < -0.4 is 32.4 Å². The number of hydrogen-bond donors (Lipinski definition) is 4. The molecule has 0 unspecified atom stereocenters. The van der Waals surface area contributed by atoms with Crippen LogP contribution in [0.1, 0.15) is 86.6 Å². The largest absolute Gasteiger partial charge is 0.381 e. The summed E-state index contributed by atoms with van der Waals surface area (Å²) >= 11 is 0. The maximum absolute atomic E-state index is 12.4. The zero-order chi connectivity index (χ0) is 38.9. The first-order chi connectivity index (χ1) is 25.5. The molecule has 292 valence electrons. The van der Waals surface area contributed by atoms with E-state index in [-0.39, 0.29) is 42.1 Å². The fourth-order valence-electron chi connectivity index (χ4n) is 9.77. The van der Waals surface area contributed by atoms with Crippen molar-refractivity contribution in [1.29, 1.82) is 0 Å². The molecule has 6 saturated carbocycles. The van der Waals surface area contributed by atoms with Crippen molar-refractivity contribution in [2.45, 2.75) is 119 Å². The van der Waals surface area contributed by atoms with Crippen LogP contribution in [0, 0.1) is 46.3 Å². The highest BCUT2D eigenvalue weighted by atomic mass is 16.2. The number of carbonyl (C=O) groups is 2. The summed E-state index contributed by atoms with van der Waals surface area (Å²) < 4.78 is 2.39. The van der Waals surface area contributed by atoms with E-state index in [1.807, 2.05) is 26.0 Å². The molecule has 6 fully saturated rings. The quantitative estimate of drug-likeness (QED) is 0.218. The van der Waals surface area contributed by atoms with Gasteiger partial charge in [0.15, 0.2) is 0 Å². The summed E-state index contributed by atoms with van der Waals surface area (Å²) in [5, 5.41) is 20.9. The predicted octanol–water partition coefficient (Wildman–Crippen LogP) is 4.69. The molecule has 54 heavy (non-hydrogen) atoms. The predicted molar refractivity (Wildman–Crippen MR) is 209 cm³/mol. The maximum Gasteiger partial charge on any atom is 0.269 e. The second-order valence-electron chi connectivity index (χ2n) is 17.7. The van der Waals surface area contributed by atoms with Gasteiger partial charge in [-0.25, -0.2) is 9.36 Å². The molecule has 0 radical (unpaired) electrons. The number of amides is 2. The molecule has 9 rings (SSSR count). The average molecular weight is 742 g/mol. The summed E-state index contributed by atoms with van der Waals surface area (Å²) in [5.41, 5.74) is 2.80. The lowest BCUT2D eigenvalue weighted by Crippen LogP contribution is -2.58. The molecule has 3 aromatic rings. The van der Waals surface area contributed by atoms with Crippen LogP contribution in [-0.2, 0) is 29.2 Å². The first-order valence-corrected chi connectivity index (χ1v) is 19.6. The van der Waals surface area contributed by atoms with Crippen LogP contribution in [0.2, 0.25) is 0 Å². The fraction of sp³-hybridized carbons (Fsp3) is 0.634. The van der Waals surface area contributed by atoms with Gasteiger partial charge in [-0.2, -0.15) is 10.2 Å². The molecule has 3 heterocycles. The second-order valence-corrected chi connectivity index (χ2v) is 17.7. The highest BCUT2D eigenvalue weighted by Gasteiger charge is 2.57. The van der Waals surface area contributed by atoms with Gasteiger partial charge in [0.25, 0.3) is 11.1 Å². The van der Waals surface area contributed by atoms with Gasteiger partial charge in [-0.3, -0.25) is 24.2 Å². The minimum absolute atomic E-state index is 0.0462. The molecule has 8 atom stereocenters. The molecule has 13 heteroatoms. The molecule has 13 nitrogen and oxygen atoms in total. The van der Waals surface area contributed by atoms with Crippen LogP contribution in [0.4, 0.5) is 11.4 Å². The standard InChI is InChI=1S/C22H29N5O2.C19H30N4O2/c1-14-18-8-16(22(18,2)3)9-19(14)26-17-10-21(29)27(25-12-17)13-20(28)24-11-15-4-6-23-7-5-15;1-11(2)21-17(24)10-23-18(25)8-14(9-20-23)22-16-7-13-6-15(12(16)3)19(13,4)5/h4-7,10,12,14,16,18-19,26H,8-9,11,13H2,1-3H3,(H,24,28);8-9,11-13,15-16,22H,6-7,10H2,1-5H3,(H,21,24)/t14-,16+,18-,19-;12-,13+,15-,16-/m11/s1. The molecular weight excluding hydrogens is 683 g/mol. The van der Waals surface area contributed by atoms with Crippen LogP contribution in [-0.4, -0.2) is 54.5 Å². The van der Waals surface area contributed by atoms with E-state index >= 15 is 0 Å². The molecule has 4 N–H and O–H groups in total. The van der Waals surface area contributed by atoms with Crippen LogP contribution >= 0.6 is 0 Å². The lowest BCUT2D eigenvalue weighted by molar-refractivity contribution is -0.123. The lowest BCUT2D eigenvalue weighted by atomic mass is 9.45. The summed E-state index contributed by atoms with van der Waals surface area (Å²) in [7, 11) is 0. The average Bonchev–Trinajstić information content (AvgIpc) is 3.11. The van der Waals surface area contributed by atoms with E-state index in [4.69, 9.17) is 0 Å². The smallest absolute Gasteiger partial charge is 0.269 e. The van der Waals surface area contributed by atoms with Crippen molar-refractivity contribution >= 4 is 23.2 Å². The first-order valence-electron chi connectivity index (χ1n) is 19.6. The molecule has 4 bridgehead atoms. The van der Waals surface area contributed by atoms with Gasteiger partial charge in [0.2, 0.25) is 11.8 Å². The third kappa shape index (κ3) is 8.39. The van der Waals surface area contributed by atoms with Crippen LogP contribution in [0.5, 0.6) is 0 Å². The molecule has 0 saturated heterocycles. The van der Waals surface area contributed by atoms with Crippen LogP contribution in [0.15, 0.2) is 58.6 Å².